The molecule has 0 bridgehead atoms. The minimum absolute atomic E-state index is 0.383. The van der Waals surface area contributed by atoms with Gasteiger partial charge in [0.2, 0.25) is 0 Å². The van der Waals surface area contributed by atoms with Crippen LogP contribution in [-0.4, -0.2) is 23.3 Å². The first-order chi connectivity index (χ1) is 6.97. The zero-order valence-corrected chi connectivity index (χ0v) is 12.0. The van der Waals surface area contributed by atoms with Crippen LogP contribution in [0.1, 0.15) is 11.7 Å². The van der Waals surface area contributed by atoms with Crippen molar-refractivity contribution in [2.24, 2.45) is 0 Å². The topological polar surface area (TPSA) is 66.8 Å². The molecule has 1 atom stereocenters. The minimum atomic E-state index is -1.49. The molecular formula is C9H8I2O4. The summed E-state index contributed by atoms with van der Waals surface area (Å²) >= 11 is 3.99. The standard InChI is InChI=1S/C9H8I2O4/c1-15-7-3-5(10)4(2-6(7)11)8(12)9(13)14/h2-3,8,12H,1H3,(H,13,14). The molecule has 1 unspecified atom stereocenters. The van der Waals surface area contributed by atoms with E-state index in [0.29, 0.717) is 14.9 Å². The second-order valence-electron chi connectivity index (χ2n) is 2.75. The number of aliphatic hydroxyl groups is 1. The predicted molar refractivity (Wildman–Crippen MR) is 71.0 cm³/mol. The van der Waals surface area contributed by atoms with Crippen LogP contribution >= 0.6 is 45.2 Å². The van der Waals surface area contributed by atoms with Crippen molar-refractivity contribution in [2.45, 2.75) is 6.10 Å². The lowest BCUT2D eigenvalue weighted by atomic mass is 10.1. The van der Waals surface area contributed by atoms with Crippen LogP contribution in [0.3, 0.4) is 0 Å². The molecule has 6 heteroatoms. The highest BCUT2D eigenvalue weighted by Gasteiger charge is 2.20. The van der Waals surface area contributed by atoms with Gasteiger partial charge in [0.05, 0.1) is 10.7 Å². The predicted octanol–water partition coefficient (Wildman–Crippen LogP) is 2.02. The summed E-state index contributed by atoms with van der Waals surface area (Å²) in [6, 6.07) is 3.31. The fraction of sp³-hybridized carbons (Fsp3) is 0.222. The highest BCUT2D eigenvalue weighted by Crippen LogP contribution is 2.29. The van der Waals surface area contributed by atoms with E-state index < -0.39 is 12.1 Å². The molecule has 82 valence electrons. The van der Waals surface area contributed by atoms with Crippen LogP contribution < -0.4 is 4.74 Å². The van der Waals surface area contributed by atoms with E-state index in [0.717, 1.165) is 3.57 Å². The van der Waals surface area contributed by atoms with Gasteiger partial charge in [-0.25, -0.2) is 4.79 Å². The average Bonchev–Trinajstić information content (AvgIpc) is 2.19. The summed E-state index contributed by atoms with van der Waals surface area (Å²) in [5, 5.41) is 18.1. The van der Waals surface area contributed by atoms with Gasteiger partial charge in [-0.3, -0.25) is 0 Å². The van der Waals surface area contributed by atoms with Crippen molar-refractivity contribution in [1.29, 1.82) is 0 Å². The summed E-state index contributed by atoms with van der Waals surface area (Å²) in [6.07, 6.45) is -1.49. The van der Waals surface area contributed by atoms with Gasteiger partial charge in [-0.05, 0) is 57.3 Å². The fourth-order valence-electron chi connectivity index (χ4n) is 1.04. The van der Waals surface area contributed by atoms with Crippen LogP contribution in [0.5, 0.6) is 5.75 Å². The third-order valence-electron chi connectivity index (χ3n) is 1.80. The molecular weight excluding hydrogens is 426 g/mol. The molecule has 1 rings (SSSR count). The number of aliphatic hydroxyl groups excluding tert-OH is 1. The molecule has 0 fully saturated rings. The van der Waals surface area contributed by atoms with Crippen LogP contribution in [0, 0.1) is 7.14 Å². The van der Waals surface area contributed by atoms with Crippen molar-refractivity contribution in [2.75, 3.05) is 7.11 Å². The Hall–Kier alpha value is -0.0900. The Labute approximate surface area is 114 Å². The largest absolute Gasteiger partial charge is 0.496 e. The smallest absolute Gasteiger partial charge is 0.337 e. The molecule has 0 spiro atoms. The van der Waals surface area contributed by atoms with Gasteiger partial charge in [0.25, 0.3) is 0 Å². The quantitative estimate of drug-likeness (QED) is 0.716. The van der Waals surface area contributed by atoms with E-state index in [1.54, 1.807) is 19.2 Å². The van der Waals surface area contributed by atoms with Crippen LogP contribution in [-0.2, 0) is 4.79 Å². The maximum atomic E-state index is 10.6. The SMILES string of the molecule is COc1cc(I)c(C(O)C(=O)O)cc1I. The number of rotatable bonds is 3. The van der Waals surface area contributed by atoms with Gasteiger partial charge in [-0.2, -0.15) is 0 Å². The van der Waals surface area contributed by atoms with E-state index in [2.05, 4.69) is 0 Å². The fourth-order valence-corrected chi connectivity index (χ4v) is 2.49. The first-order valence-corrected chi connectivity index (χ1v) is 6.07. The Morgan fingerprint density at radius 3 is 2.47 bits per heavy atom. The summed E-state index contributed by atoms with van der Waals surface area (Å²) in [6.45, 7) is 0. The van der Waals surface area contributed by atoms with E-state index in [1.165, 1.54) is 0 Å². The zero-order valence-electron chi connectivity index (χ0n) is 7.70. The molecule has 4 nitrogen and oxygen atoms in total. The Balaban J connectivity index is 3.21. The molecule has 0 amide bonds. The molecule has 1 aromatic carbocycles. The number of aliphatic carboxylic acids is 1. The number of methoxy groups -OCH3 is 1. The van der Waals surface area contributed by atoms with E-state index in [9.17, 15) is 9.90 Å². The third-order valence-corrected chi connectivity index (χ3v) is 3.58. The summed E-state index contributed by atoms with van der Waals surface area (Å²) in [4.78, 5) is 10.6. The Morgan fingerprint density at radius 2 is 2.00 bits per heavy atom. The number of halogens is 2. The number of hydrogen-bond acceptors (Lipinski definition) is 3. The van der Waals surface area contributed by atoms with Crippen molar-refractivity contribution >= 4 is 51.2 Å². The van der Waals surface area contributed by atoms with Gasteiger partial charge < -0.3 is 14.9 Å². The lowest BCUT2D eigenvalue weighted by Crippen LogP contribution is -2.12. The molecule has 0 aromatic heterocycles. The molecule has 0 aliphatic rings. The van der Waals surface area contributed by atoms with Crippen molar-refractivity contribution in [3.8, 4) is 5.75 Å². The second-order valence-corrected chi connectivity index (χ2v) is 5.07. The van der Waals surface area contributed by atoms with E-state index in [4.69, 9.17) is 9.84 Å². The number of ether oxygens (including phenoxy) is 1. The molecule has 0 aliphatic carbocycles. The Bertz CT molecular complexity index is 392. The molecule has 0 radical (unpaired) electrons. The van der Waals surface area contributed by atoms with E-state index in [1.807, 2.05) is 45.2 Å². The molecule has 2 N–H and O–H groups in total. The average molecular weight is 434 g/mol. The Morgan fingerprint density at radius 1 is 1.40 bits per heavy atom. The van der Waals surface area contributed by atoms with E-state index in [-0.39, 0.29) is 0 Å². The van der Waals surface area contributed by atoms with Crippen LogP contribution in [0.25, 0.3) is 0 Å². The number of hydrogen-bond donors (Lipinski definition) is 2. The summed E-state index contributed by atoms with van der Waals surface area (Å²) in [7, 11) is 1.54. The first-order valence-electron chi connectivity index (χ1n) is 3.91. The van der Waals surface area contributed by atoms with Crippen LogP contribution in [0.15, 0.2) is 12.1 Å². The van der Waals surface area contributed by atoms with Gasteiger partial charge in [0.1, 0.15) is 5.75 Å². The molecule has 0 aliphatic heterocycles. The number of carbonyl (C=O) groups is 1. The third kappa shape index (κ3) is 2.94. The first kappa shape index (κ1) is 13.0. The second kappa shape index (κ2) is 5.30. The number of benzene rings is 1. The molecule has 0 saturated carbocycles. The maximum absolute atomic E-state index is 10.6. The van der Waals surface area contributed by atoms with Gasteiger partial charge in [-0.1, -0.05) is 0 Å². The van der Waals surface area contributed by atoms with Gasteiger partial charge in [0.15, 0.2) is 6.10 Å². The van der Waals surface area contributed by atoms with Gasteiger partial charge in [-0.15, -0.1) is 0 Å². The van der Waals surface area contributed by atoms with Gasteiger partial charge in [0, 0.05) is 9.13 Å². The van der Waals surface area contributed by atoms with Crippen molar-refractivity contribution in [3.05, 3.63) is 24.8 Å². The summed E-state index contributed by atoms with van der Waals surface area (Å²) in [5.74, 6) is -0.588. The van der Waals surface area contributed by atoms with Crippen molar-refractivity contribution < 1.29 is 19.7 Å². The minimum Gasteiger partial charge on any atom is -0.496 e. The summed E-state index contributed by atoms with van der Waals surface area (Å²) < 4.78 is 6.52. The lowest BCUT2D eigenvalue weighted by molar-refractivity contribution is -0.147. The molecule has 0 heterocycles. The number of carboxylic acid groups (broad SMARTS) is 1. The van der Waals surface area contributed by atoms with Gasteiger partial charge >= 0.3 is 5.97 Å². The molecule has 1 aromatic rings. The zero-order chi connectivity index (χ0) is 11.6. The molecule has 15 heavy (non-hydrogen) atoms. The van der Waals surface area contributed by atoms with Crippen molar-refractivity contribution in [3.63, 3.8) is 0 Å². The summed E-state index contributed by atoms with van der Waals surface area (Å²) in [5.41, 5.74) is 0.383. The number of carboxylic acids is 1. The highest BCUT2D eigenvalue weighted by atomic mass is 127. The maximum Gasteiger partial charge on any atom is 0.337 e. The lowest BCUT2D eigenvalue weighted by Gasteiger charge is -2.11. The Kier molecular flexibility index (Phi) is 4.59. The highest BCUT2D eigenvalue weighted by molar-refractivity contribution is 14.1. The molecule has 0 saturated heterocycles. The normalized spacial score (nSPS) is 12.3. The van der Waals surface area contributed by atoms with Crippen LogP contribution in [0.4, 0.5) is 0 Å². The van der Waals surface area contributed by atoms with Crippen molar-refractivity contribution in [1.82, 2.24) is 0 Å². The monoisotopic (exact) mass is 434 g/mol. The van der Waals surface area contributed by atoms with E-state index >= 15 is 0 Å². The van der Waals surface area contributed by atoms with Crippen LogP contribution in [0.2, 0.25) is 0 Å².